The van der Waals surface area contributed by atoms with Gasteiger partial charge in [-0.15, -0.1) is 0 Å². The van der Waals surface area contributed by atoms with Crippen molar-refractivity contribution in [3.05, 3.63) is 35.4 Å². The zero-order valence-corrected chi connectivity index (χ0v) is 12.7. The summed E-state index contributed by atoms with van der Waals surface area (Å²) in [6.07, 6.45) is 1.53. The minimum Gasteiger partial charge on any atom is -0.393 e. The second-order valence-corrected chi connectivity index (χ2v) is 6.17. The van der Waals surface area contributed by atoms with E-state index in [1.807, 2.05) is 6.92 Å². The Morgan fingerprint density at radius 2 is 1.95 bits per heavy atom. The van der Waals surface area contributed by atoms with Gasteiger partial charge in [0.05, 0.1) is 11.4 Å². The van der Waals surface area contributed by atoms with Gasteiger partial charge in [-0.1, -0.05) is 25.2 Å². The fourth-order valence-corrected chi connectivity index (χ4v) is 2.64. The Morgan fingerprint density at radius 3 is 2.48 bits per heavy atom. The van der Waals surface area contributed by atoms with Crippen LogP contribution < -0.4 is 5.73 Å². The number of hydrogen-bond acceptors (Lipinski definition) is 2. The van der Waals surface area contributed by atoms with Crippen LogP contribution in [-0.4, -0.2) is 28.9 Å². The van der Waals surface area contributed by atoms with E-state index in [4.69, 9.17) is 18.0 Å². The molecule has 0 spiro atoms. The van der Waals surface area contributed by atoms with Crippen LogP contribution >= 0.6 is 12.2 Å². The lowest BCUT2D eigenvalue weighted by molar-refractivity contribution is -0.132. The molecule has 1 amide bonds. The number of likely N-dealkylation sites (tertiary alicyclic amines) is 1. The molecule has 2 rings (SSSR count). The average molecular weight is 312 g/mol. The third kappa shape index (κ3) is 3.56. The minimum absolute atomic E-state index is 0.0704. The monoisotopic (exact) mass is 312 g/mol. The van der Waals surface area contributed by atoms with Crippen LogP contribution in [0.15, 0.2) is 18.2 Å². The molecule has 2 N–H and O–H groups in total. The topological polar surface area (TPSA) is 46.3 Å². The molecule has 1 saturated heterocycles. The zero-order valence-electron chi connectivity index (χ0n) is 11.9. The molecule has 0 unspecified atom stereocenters. The Morgan fingerprint density at radius 1 is 1.33 bits per heavy atom. The number of hydrogen-bond donors (Lipinski definition) is 1. The van der Waals surface area contributed by atoms with Gasteiger partial charge in [-0.3, -0.25) is 4.79 Å². The first-order valence-corrected chi connectivity index (χ1v) is 7.24. The van der Waals surface area contributed by atoms with Crippen LogP contribution in [0.1, 0.15) is 25.3 Å². The highest BCUT2D eigenvalue weighted by Crippen LogP contribution is 2.31. The van der Waals surface area contributed by atoms with Crippen molar-refractivity contribution in [1.29, 1.82) is 0 Å². The molecule has 1 fully saturated rings. The van der Waals surface area contributed by atoms with Crippen molar-refractivity contribution in [2.45, 2.75) is 26.2 Å². The van der Waals surface area contributed by atoms with Crippen molar-refractivity contribution in [3.8, 4) is 0 Å². The smallest absolute Gasteiger partial charge is 0.226 e. The Labute approximate surface area is 128 Å². The number of thiocarbonyl (C=S) groups is 1. The highest BCUT2D eigenvalue weighted by molar-refractivity contribution is 7.80. The summed E-state index contributed by atoms with van der Waals surface area (Å²) < 4.78 is 26.0. The molecule has 21 heavy (non-hydrogen) atoms. The van der Waals surface area contributed by atoms with E-state index in [0.717, 1.165) is 25.0 Å². The van der Waals surface area contributed by atoms with E-state index in [9.17, 15) is 13.6 Å². The molecular formula is C15H18F2N2OS. The van der Waals surface area contributed by atoms with E-state index in [2.05, 4.69) is 0 Å². The molecule has 6 heteroatoms. The number of carbonyl (C=O) groups excluding carboxylic acids is 1. The van der Waals surface area contributed by atoms with Gasteiger partial charge >= 0.3 is 0 Å². The van der Waals surface area contributed by atoms with Gasteiger partial charge in [-0.2, -0.15) is 0 Å². The van der Waals surface area contributed by atoms with E-state index < -0.39 is 11.6 Å². The summed E-state index contributed by atoms with van der Waals surface area (Å²) in [6, 6.07) is 3.54. The Hall–Kier alpha value is -1.56. The number of carbonyl (C=O) groups is 1. The predicted octanol–water partition coefficient (Wildman–Crippen LogP) is 2.42. The third-order valence-corrected chi connectivity index (χ3v) is 4.65. The molecular weight excluding hydrogens is 294 g/mol. The summed E-state index contributed by atoms with van der Waals surface area (Å²) in [6.45, 7) is 3.17. The van der Waals surface area contributed by atoms with Crippen LogP contribution in [0.25, 0.3) is 0 Å². The summed E-state index contributed by atoms with van der Waals surface area (Å²) in [4.78, 5) is 14.4. The maximum absolute atomic E-state index is 13.1. The molecule has 0 aromatic heterocycles. The molecule has 114 valence electrons. The molecule has 1 heterocycles. The molecule has 0 atom stereocenters. The first-order chi connectivity index (χ1) is 9.82. The van der Waals surface area contributed by atoms with Crippen LogP contribution in [0.4, 0.5) is 8.78 Å². The highest BCUT2D eigenvalue weighted by atomic mass is 32.1. The van der Waals surface area contributed by atoms with Gasteiger partial charge in [0.2, 0.25) is 5.91 Å². The van der Waals surface area contributed by atoms with Crippen LogP contribution in [0.3, 0.4) is 0 Å². The number of benzene rings is 1. The molecule has 1 aliphatic heterocycles. The van der Waals surface area contributed by atoms with Gasteiger partial charge in [0.1, 0.15) is 0 Å². The van der Waals surface area contributed by atoms with Gasteiger partial charge in [0.15, 0.2) is 11.6 Å². The maximum Gasteiger partial charge on any atom is 0.226 e. The fourth-order valence-electron chi connectivity index (χ4n) is 2.43. The Balaban J connectivity index is 1.96. The van der Waals surface area contributed by atoms with Crippen molar-refractivity contribution in [1.82, 2.24) is 4.90 Å². The van der Waals surface area contributed by atoms with Gasteiger partial charge in [-0.25, -0.2) is 8.78 Å². The van der Waals surface area contributed by atoms with Crippen molar-refractivity contribution in [2.24, 2.45) is 11.1 Å². The SMILES string of the molecule is CC1(C(N)=S)CCN(C(=O)Cc2ccc(F)c(F)c2)CC1. The summed E-state index contributed by atoms with van der Waals surface area (Å²) in [5, 5.41) is 0. The largest absolute Gasteiger partial charge is 0.393 e. The zero-order chi connectivity index (χ0) is 15.6. The van der Waals surface area contributed by atoms with E-state index >= 15 is 0 Å². The number of rotatable bonds is 3. The van der Waals surface area contributed by atoms with Crippen molar-refractivity contribution < 1.29 is 13.6 Å². The maximum atomic E-state index is 13.1. The number of halogens is 2. The number of amides is 1. The minimum atomic E-state index is -0.931. The Kier molecular flexibility index (Phi) is 4.56. The van der Waals surface area contributed by atoms with Crippen LogP contribution in [0.5, 0.6) is 0 Å². The van der Waals surface area contributed by atoms with Crippen LogP contribution in [-0.2, 0) is 11.2 Å². The second-order valence-electron chi connectivity index (χ2n) is 5.73. The molecule has 1 aliphatic rings. The van der Waals surface area contributed by atoms with Crippen molar-refractivity contribution in [2.75, 3.05) is 13.1 Å². The van der Waals surface area contributed by atoms with Crippen LogP contribution in [0, 0.1) is 17.0 Å². The lowest BCUT2D eigenvalue weighted by atomic mass is 9.80. The summed E-state index contributed by atoms with van der Waals surface area (Å²) in [5.74, 6) is -1.93. The molecule has 1 aromatic carbocycles. The van der Waals surface area contributed by atoms with Crippen molar-refractivity contribution >= 4 is 23.1 Å². The molecule has 0 radical (unpaired) electrons. The molecule has 0 bridgehead atoms. The first-order valence-electron chi connectivity index (χ1n) is 6.83. The number of nitrogens with zero attached hydrogens (tertiary/aromatic N) is 1. The quantitative estimate of drug-likeness (QED) is 0.872. The summed E-state index contributed by atoms with van der Waals surface area (Å²) in [7, 11) is 0. The lowest BCUT2D eigenvalue weighted by Gasteiger charge is -2.38. The first kappa shape index (κ1) is 15.8. The molecule has 3 nitrogen and oxygen atoms in total. The normalized spacial score (nSPS) is 17.6. The van der Waals surface area contributed by atoms with E-state index in [1.54, 1.807) is 4.90 Å². The standard InChI is InChI=1S/C15H18F2N2OS/c1-15(14(18)21)4-6-19(7-5-15)13(20)9-10-2-3-11(16)12(17)8-10/h2-3,8H,4-7,9H2,1H3,(H2,18,21). The van der Waals surface area contributed by atoms with Crippen molar-refractivity contribution in [3.63, 3.8) is 0 Å². The Bertz CT molecular complexity index is 569. The number of piperidine rings is 1. The second kappa shape index (κ2) is 6.05. The average Bonchev–Trinajstić information content (AvgIpc) is 2.43. The fraction of sp³-hybridized carbons (Fsp3) is 0.467. The van der Waals surface area contributed by atoms with Gasteiger partial charge < -0.3 is 10.6 Å². The highest BCUT2D eigenvalue weighted by Gasteiger charge is 2.34. The predicted molar refractivity (Wildman–Crippen MR) is 80.8 cm³/mol. The number of nitrogens with two attached hydrogens (primary N) is 1. The molecule has 0 aliphatic carbocycles. The van der Waals surface area contributed by atoms with E-state index in [-0.39, 0.29) is 17.7 Å². The van der Waals surface area contributed by atoms with Gasteiger partial charge in [-0.05, 0) is 30.5 Å². The summed E-state index contributed by atoms with van der Waals surface area (Å²) in [5.41, 5.74) is 6.00. The molecule has 1 aromatic rings. The summed E-state index contributed by atoms with van der Waals surface area (Å²) >= 11 is 5.06. The van der Waals surface area contributed by atoms with E-state index in [0.29, 0.717) is 23.6 Å². The van der Waals surface area contributed by atoms with Crippen LogP contribution in [0.2, 0.25) is 0 Å². The van der Waals surface area contributed by atoms with Gasteiger partial charge in [0.25, 0.3) is 0 Å². The van der Waals surface area contributed by atoms with Gasteiger partial charge in [0, 0.05) is 18.5 Å². The lowest BCUT2D eigenvalue weighted by Crippen LogP contribution is -2.47. The van der Waals surface area contributed by atoms with E-state index in [1.165, 1.54) is 6.07 Å². The molecule has 0 saturated carbocycles. The third-order valence-electron chi connectivity index (χ3n) is 4.15.